The molecule has 1 saturated carbocycles. The van der Waals surface area contributed by atoms with Crippen LogP contribution in [0.1, 0.15) is 48.9 Å². The number of aromatic nitrogens is 1. The largest absolute Gasteiger partial charge is 0.354 e. The molecule has 0 aromatic carbocycles. The number of thiazole rings is 1. The van der Waals surface area contributed by atoms with Gasteiger partial charge in [-0.25, -0.2) is 9.98 Å². The second-order valence-electron chi connectivity index (χ2n) is 6.36. The van der Waals surface area contributed by atoms with E-state index in [1.54, 1.807) is 30.3 Å². The number of halogens is 1. The van der Waals surface area contributed by atoms with E-state index < -0.39 is 0 Å². The predicted molar refractivity (Wildman–Crippen MR) is 115 cm³/mol. The van der Waals surface area contributed by atoms with Gasteiger partial charge in [0.15, 0.2) is 5.96 Å². The molecular formula is C17H30IN5OS. The summed E-state index contributed by atoms with van der Waals surface area (Å²) in [5, 5.41) is 7.86. The lowest BCUT2D eigenvalue weighted by Gasteiger charge is -2.25. The molecule has 0 atom stereocenters. The number of guanidine groups is 1. The fourth-order valence-electron chi connectivity index (χ4n) is 2.63. The number of nitrogens with zero attached hydrogens (tertiary/aromatic N) is 3. The molecule has 1 aliphatic carbocycles. The van der Waals surface area contributed by atoms with Crippen molar-refractivity contribution < 1.29 is 4.79 Å². The first-order chi connectivity index (χ1) is 11.6. The Hall–Kier alpha value is -0.900. The van der Waals surface area contributed by atoms with Gasteiger partial charge in [-0.2, -0.15) is 0 Å². The van der Waals surface area contributed by atoms with Crippen LogP contribution in [0.2, 0.25) is 0 Å². The van der Waals surface area contributed by atoms with Crippen molar-refractivity contribution in [2.45, 2.75) is 58.0 Å². The van der Waals surface area contributed by atoms with E-state index in [4.69, 9.17) is 0 Å². The zero-order valence-electron chi connectivity index (χ0n) is 15.4. The zero-order valence-corrected chi connectivity index (χ0v) is 18.5. The Balaban J connectivity index is 0.00000312. The topological polar surface area (TPSA) is 69.6 Å². The number of hydrogen-bond donors (Lipinski definition) is 2. The summed E-state index contributed by atoms with van der Waals surface area (Å²) in [6.45, 7) is 2.93. The smallest absolute Gasteiger partial charge is 0.243 e. The molecule has 0 saturated heterocycles. The number of hydrogen-bond acceptors (Lipinski definition) is 4. The summed E-state index contributed by atoms with van der Waals surface area (Å²) in [4.78, 5) is 23.5. The van der Waals surface area contributed by atoms with Crippen LogP contribution in [0.25, 0.3) is 0 Å². The molecule has 6 nitrogen and oxygen atoms in total. The molecule has 0 aliphatic heterocycles. The minimum atomic E-state index is 0. The van der Waals surface area contributed by atoms with Crippen LogP contribution in [0.4, 0.5) is 0 Å². The number of carbonyl (C=O) groups excluding carboxylic acids is 1. The lowest BCUT2D eigenvalue weighted by atomic mass is 9.96. The quantitative estimate of drug-likeness (QED) is 0.374. The van der Waals surface area contributed by atoms with E-state index in [2.05, 4.69) is 27.5 Å². The molecule has 1 aliphatic rings. The van der Waals surface area contributed by atoms with Crippen LogP contribution in [-0.2, 0) is 17.8 Å². The average Bonchev–Trinajstić information content (AvgIpc) is 3.06. The molecule has 0 bridgehead atoms. The predicted octanol–water partition coefficient (Wildman–Crippen LogP) is 2.78. The Kier molecular flexibility index (Phi) is 10.3. The van der Waals surface area contributed by atoms with Crippen molar-refractivity contribution in [2.24, 2.45) is 4.99 Å². The summed E-state index contributed by atoms with van der Waals surface area (Å²) in [5.74, 6) is 0.715. The molecule has 0 spiro atoms. The van der Waals surface area contributed by atoms with E-state index in [1.807, 2.05) is 6.20 Å². The molecule has 1 aromatic rings. The normalized spacial score (nSPS) is 15.4. The number of nitrogens with one attached hydrogen (secondary N) is 2. The first kappa shape index (κ1) is 22.1. The Morgan fingerprint density at radius 3 is 2.68 bits per heavy atom. The number of rotatable bonds is 6. The molecular weight excluding hydrogens is 449 g/mol. The Labute approximate surface area is 171 Å². The average molecular weight is 479 g/mol. The molecule has 1 aromatic heterocycles. The van der Waals surface area contributed by atoms with E-state index >= 15 is 0 Å². The van der Waals surface area contributed by atoms with Crippen molar-refractivity contribution in [1.29, 1.82) is 0 Å². The number of aryl methyl sites for hydroxylation is 1. The molecule has 1 amide bonds. The van der Waals surface area contributed by atoms with Crippen molar-refractivity contribution in [3.63, 3.8) is 0 Å². The van der Waals surface area contributed by atoms with Gasteiger partial charge in [-0.15, -0.1) is 35.3 Å². The van der Waals surface area contributed by atoms with E-state index in [1.165, 1.54) is 37.0 Å². The van der Waals surface area contributed by atoms with Gasteiger partial charge in [-0.1, -0.05) is 26.2 Å². The van der Waals surface area contributed by atoms with Crippen molar-refractivity contribution in [2.75, 3.05) is 20.6 Å². The lowest BCUT2D eigenvalue weighted by Crippen LogP contribution is -2.44. The summed E-state index contributed by atoms with van der Waals surface area (Å²) in [7, 11) is 3.50. The van der Waals surface area contributed by atoms with E-state index in [0.29, 0.717) is 18.5 Å². The molecule has 142 valence electrons. The minimum Gasteiger partial charge on any atom is -0.354 e. The molecule has 25 heavy (non-hydrogen) atoms. The highest BCUT2D eigenvalue weighted by Crippen LogP contribution is 2.17. The van der Waals surface area contributed by atoms with Crippen LogP contribution < -0.4 is 10.6 Å². The molecule has 1 fully saturated rings. The fraction of sp³-hybridized carbons (Fsp3) is 0.706. The van der Waals surface area contributed by atoms with Crippen molar-refractivity contribution in [1.82, 2.24) is 20.5 Å². The summed E-state index contributed by atoms with van der Waals surface area (Å²) in [5.41, 5.74) is 0. The first-order valence-electron chi connectivity index (χ1n) is 8.77. The first-order valence-corrected chi connectivity index (χ1v) is 9.58. The van der Waals surface area contributed by atoms with Gasteiger partial charge in [0.25, 0.3) is 0 Å². The summed E-state index contributed by atoms with van der Waals surface area (Å²) < 4.78 is 0. The van der Waals surface area contributed by atoms with E-state index in [9.17, 15) is 4.79 Å². The lowest BCUT2D eigenvalue weighted by molar-refractivity contribution is -0.127. The molecule has 2 rings (SSSR count). The van der Waals surface area contributed by atoms with Crippen molar-refractivity contribution >= 4 is 47.2 Å². The van der Waals surface area contributed by atoms with Crippen molar-refractivity contribution in [3.05, 3.63) is 16.1 Å². The number of aliphatic imine (C=N–C) groups is 1. The summed E-state index contributed by atoms with van der Waals surface area (Å²) >= 11 is 1.72. The SMILES string of the molecule is CCc1cnc(CNC(=NCC(=O)N(C)C)NC2CCCCC2)s1.I. The number of amides is 1. The van der Waals surface area contributed by atoms with Gasteiger partial charge >= 0.3 is 0 Å². The Morgan fingerprint density at radius 2 is 2.08 bits per heavy atom. The van der Waals surface area contributed by atoms with Crippen molar-refractivity contribution in [3.8, 4) is 0 Å². The third kappa shape index (κ3) is 7.89. The van der Waals surface area contributed by atoms with Gasteiger partial charge in [-0.05, 0) is 19.3 Å². The van der Waals surface area contributed by atoms with Crippen LogP contribution in [0.3, 0.4) is 0 Å². The Morgan fingerprint density at radius 1 is 1.36 bits per heavy atom. The highest BCUT2D eigenvalue weighted by atomic mass is 127. The molecule has 8 heteroatoms. The molecule has 0 unspecified atom stereocenters. The van der Waals surface area contributed by atoms with Crippen LogP contribution >= 0.6 is 35.3 Å². The summed E-state index contributed by atoms with van der Waals surface area (Å²) in [6, 6.07) is 0.446. The molecule has 0 radical (unpaired) electrons. The maximum atomic E-state index is 11.8. The second kappa shape index (κ2) is 11.7. The van der Waals surface area contributed by atoms with Crippen LogP contribution in [-0.4, -0.2) is 48.4 Å². The van der Waals surface area contributed by atoms with Crippen LogP contribution in [0, 0.1) is 0 Å². The fourth-order valence-corrected chi connectivity index (χ4v) is 3.44. The highest BCUT2D eigenvalue weighted by molar-refractivity contribution is 14.0. The van der Waals surface area contributed by atoms with Gasteiger partial charge in [-0.3, -0.25) is 4.79 Å². The van der Waals surface area contributed by atoms with Crippen LogP contribution in [0.15, 0.2) is 11.2 Å². The van der Waals surface area contributed by atoms with Gasteiger partial charge in [0, 0.05) is 31.2 Å². The standard InChI is InChI=1S/C17H29N5OS.HI/c1-4-14-10-18-15(24-14)11-19-17(20-12-16(23)22(2)3)21-13-8-6-5-7-9-13;/h10,13H,4-9,11-12H2,1-3H3,(H2,19,20,21);1H. The van der Waals surface area contributed by atoms with E-state index in [-0.39, 0.29) is 36.4 Å². The number of likely N-dealkylation sites (N-methyl/N-ethyl adjacent to an activating group) is 1. The second-order valence-corrected chi connectivity index (χ2v) is 7.56. The van der Waals surface area contributed by atoms with E-state index in [0.717, 1.165) is 11.4 Å². The summed E-state index contributed by atoms with van der Waals surface area (Å²) in [6.07, 6.45) is 9.11. The van der Waals surface area contributed by atoms with Gasteiger partial charge in [0.2, 0.25) is 5.91 Å². The van der Waals surface area contributed by atoms with Gasteiger partial charge in [0.05, 0.1) is 6.54 Å². The minimum absolute atomic E-state index is 0. The van der Waals surface area contributed by atoms with Gasteiger partial charge in [0.1, 0.15) is 11.6 Å². The molecule has 1 heterocycles. The monoisotopic (exact) mass is 479 g/mol. The maximum Gasteiger partial charge on any atom is 0.243 e. The number of carbonyl (C=O) groups is 1. The zero-order chi connectivity index (χ0) is 17.4. The van der Waals surface area contributed by atoms with Gasteiger partial charge < -0.3 is 15.5 Å². The molecule has 2 N–H and O–H groups in total. The maximum absolute atomic E-state index is 11.8. The third-order valence-corrected chi connectivity index (χ3v) is 5.32. The highest BCUT2D eigenvalue weighted by Gasteiger charge is 2.15. The Bertz CT molecular complexity index is 555. The third-order valence-electron chi connectivity index (χ3n) is 4.17. The van der Waals surface area contributed by atoms with Crippen LogP contribution in [0.5, 0.6) is 0 Å².